The maximum Gasteiger partial charge on any atom is 0.182 e. The molecule has 2 atom stereocenters. The Hall–Kier alpha value is -1.90. The second-order valence-corrected chi connectivity index (χ2v) is 4.79. The van der Waals surface area contributed by atoms with Crippen molar-refractivity contribution < 1.29 is 9.50 Å². The van der Waals surface area contributed by atoms with E-state index in [4.69, 9.17) is 0 Å². The fraction of sp³-hybridized carbons (Fsp3) is 0.357. The maximum atomic E-state index is 13.0. The largest absolute Gasteiger partial charge is 0.361 e. The third-order valence-corrected chi connectivity index (χ3v) is 3.10. The van der Waals surface area contributed by atoms with Gasteiger partial charge in [-0.3, -0.25) is 5.32 Å². The number of allylic oxidation sites excluding steroid dienone is 1. The van der Waals surface area contributed by atoms with Crippen molar-refractivity contribution in [2.45, 2.75) is 26.2 Å². The average molecular weight is 261 g/mol. The summed E-state index contributed by atoms with van der Waals surface area (Å²) in [5.74, 6) is -0.237. The number of aliphatic hydroxyl groups is 1. The lowest BCUT2D eigenvalue weighted by Crippen LogP contribution is -2.49. The second-order valence-electron chi connectivity index (χ2n) is 4.79. The van der Waals surface area contributed by atoms with Gasteiger partial charge in [0.15, 0.2) is 6.35 Å². The van der Waals surface area contributed by atoms with Crippen LogP contribution in [0, 0.1) is 23.1 Å². The van der Waals surface area contributed by atoms with E-state index in [2.05, 4.69) is 16.7 Å². The number of rotatable bonds is 2. The number of hydrogen-bond donors (Lipinski definition) is 3. The Bertz CT molecular complexity index is 531. The fourth-order valence-corrected chi connectivity index (χ4v) is 2.18. The molecule has 0 fully saturated rings. The highest BCUT2D eigenvalue weighted by molar-refractivity contribution is 5.41. The first-order valence-electron chi connectivity index (χ1n) is 6.13. The molecule has 0 radical (unpaired) electrons. The Kier molecular flexibility index (Phi) is 3.84. The van der Waals surface area contributed by atoms with E-state index in [0.29, 0.717) is 11.3 Å². The number of halogens is 1. The van der Waals surface area contributed by atoms with E-state index in [1.54, 1.807) is 12.1 Å². The molecule has 0 aromatic heterocycles. The van der Waals surface area contributed by atoms with Gasteiger partial charge in [0.05, 0.1) is 17.7 Å². The van der Waals surface area contributed by atoms with Crippen LogP contribution in [0.5, 0.6) is 0 Å². The van der Waals surface area contributed by atoms with Crippen LogP contribution in [0.3, 0.4) is 0 Å². The number of aliphatic hydroxyl groups excluding tert-OH is 1. The highest BCUT2D eigenvalue weighted by Gasteiger charge is 2.29. The molecule has 1 aromatic carbocycles. The van der Waals surface area contributed by atoms with Crippen molar-refractivity contribution in [3.05, 3.63) is 46.9 Å². The van der Waals surface area contributed by atoms with E-state index < -0.39 is 12.4 Å². The minimum Gasteiger partial charge on any atom is -0.361 e. The molecular weight excluding hydrogens is 245 g/mol. The third kappa shape index (κ3) is 2.75. The summed E-state index contributed by atoms with van der Waals surface area (Å²) >= 11 is 0. The van der Waals surface area contributed by atoms with Crippen molar-refractivity contribution in [1.82, 2.24) is 10.6 Å². The third-order valence-electron chi connectivity index (χ3n) is 3.10. The average Bonchev–Trinajstić information content (AvgIpc) is 2.38. The maximum absolute atomic E-state index is 13.0. The van der Waals surface area contributed by atoms with Gasteiger partial charge in [0.1, 0.15) is 5.82 Å². The molecule has 0 saturated carbocycles. The van der Waals surface area contributed by atoms with Crippen LogP contribution in [0.25, 0.3) is 0 Å². The molecule has 0 spiro atoms. The number of nitriles is 1. The Morgan fingerprint density at radius 3 is 2.47 bits per heavy atom. The topological polar surface area (TPSA) is 68.1 Å². The summed E-state index contributed by atoms with van der Waals surface area (Å²) in [6.45, 7) is 3.89. The standard InChI is InChI=1S/C14H16FN3O/c1-8(2)12-11(7-16)13(18-14(19)17-12)9-3-5-10(15)6-4-9/h3-6,8,13-14,17-19H,1-2H3. The van der Waals surface area contributed by atoms with Crippen LogP contribution in [-0.4, -0.2) is 11.5 Å². The summed E-state index contributed by atoms with van der Waals surface area (Å²) in [5, 5.41) is 24.9. The summed E-state index contributed by atoms with van der Waals surface area (Å²) in [5.41, 5.74) is 1.98. The molecule has 4 nitrogen and oxygen atoms in total. The van der Waals surface area contributed by atoms with Crippen molar-refractivity contribution in [3.8, 4) is 6.07 Å². The first-order chi connectivity index (χ1) is 9.02. The van der Waals surface area contributed by atoms with Crippen LogP contribution in [0.1, 0.15) is 25.5 Å². The van der Waals surface area contributed by atoms with E-state index in [1.165, 1.54) is 12.1 Å². The van der Waals surface area contributed by atoms with Crippen LogP contribution in [0.4, 0.5) is 4.39 Å². The lowest BCUT2D eigenvalue weighted by Gasteiger charge is -2.33. The molecule has 2 unspecified atom stereocenters. The summed E-state index contributed by atoms with van der Waals surface area (Å²) in [6.07, 6.45) is -0.926. The molecular formula is C14H16FN3O. The quantitative estimate of drug-likeness (QED) is 0.759. The van der Waals surface area contributed by atoms with Crippen LogP contribution in [-0.2, 0) is 0 Å². The zero-order valence-electron chi connectivity index (χ0n) is 10.8. The van der Waals surface area contributed by atoms with Gasteiger partial charge < -0.3 is 10.4 Å². The molecule has 0 saturated heterocycles. The van der Waals surface area contributed by atoms with Crippen LogP contribution in [0.2, 0.25) is 0 Å². The Labute approximate surface area is 111 Å². The highest BCUT2D eigenvalue weighted by Crippen LogP contribution is 2.29. The molecule has 19 heavy (non-hydrogen) atoms. The lowest BCUT2D eigenvalue weighted by atomic mass is 9.92. The fourth-order valence-electron chi connectivity index (χ4n) is 2.18. The number of nitrogens with one attached hydrogen (secondary N) is 2. The summed E-state index contributed by atoms with van der Waals surface area (Å²) in [7, 11) is 0. The van der Waals surface area contributed by atoms with Gasteiger partial charge in [-0.15, -0.1) is 0 Å². The second kappa shape index (κ2) is 5.39. The van der Waals surface area contributed by atoms with Crippen molar-refractivity contribution in [2.75, 3.05) is 0 Å². The van der Waals surface area contributed by atoms with Gasteiger partial charge in [-0.2, -0.15) is 5.26 Å². The Morgan fingerprint density at radius 1 is 1.32 bits per heavy atom. The number of nitrogens with zero attached hydrogens (tertiary/aromatic N) is 1. The SMILES string of the molecule is CC(C)C1=C(C#N)C(c2ccc(F)cc2)NC(O)N1. The molecule has 5 heteroatoms. The summed E-state index contributed by atoms with van der Waals surface area (Å²) < 4.78 is 13.0. The molecule has 1 aliphatic heterocycles. The van der Waals surface area contributed by atoms with E-state index in [1.807, 2.05) is 13.8 Å². The van der Waals surface area contributed by atoms with E-state index in [-0.39, 0.29) is 11.7 Å². The molecule has 3 N–H and O–H groups in total. The zero-order valence-corrected chi connectivity index (χ0v) is 10.8. The minimum absolute atomic E-state index is 0.0920. The molecule has 1 aliphatic rings. The Balaban J connectivity index is 2.46. The van der Waals surface area contributed by atoms with Gasteiger partial charge in [0.2, 0.25) is 0 Å². The summed E-state index contributed by atoms with van der Waals surface area (Å²) in [6, 6.07) is 7.65. The van der Waals surface area contributed by atoms with Gasteiger partial charge in [-0.05, 0) is 23.6 Å². The zero-order chi connectivity index (χ0) is 14.0. The molecule has 1 heterocycles. The first-order valence-corrected chi connectivity index (χ1v) is 6.13. The predicted molar refractivity (Wildman–Crippen MR) is 68.9 cm³/mol. The Morgan fingerprint density at radius 2 is 1.95 bits per heavy atom. The van der Waals surface area contributed by atoms with E-state index in [9.17, 15) is 14.8 Å². The molecule has 2 rings (SSSR count). The van der Waals surface area contributed by atoms with Crippen molar-refractivity contribution in [3.63, 3.8) is 0 Å². The molecule has 1 aromatic rings. The van der Waals surface area contributed by atoms with E-state index >= 15 is 0 Å². The van der Waals surface area contributed by atoms with Crippen molar-refractivity contribution in [1.29, 1.82) is 5.26 Å². The normalized spacial score (nSPS) is 23.2. The summed E-state index contributed by atoms with van der Waals surface area (Å²) in [4.78, 5) is 0. The van der Waals surface area contributed by atoms with Gasteiger partial charge in [-0.25, -0.2) is 4.39 Å². The number of benzene rings is 1. The highest BCUT2D eigenvalue weighted by atomic mass is 19.1. The minimum atomic E-state index is -0.926. The first kappa shape index (κ1) is 13.5. The lowest BCUT2D eigenvalue weighted by molar-refractivity contribution is 0.0906. The number of hydrogen-bond acceptors (Lipinski definition) is 4. The molecule has 100 valence electrons. The van der Waals surface area contributed by atoms with Crippen LogP contribution in [0.15, 0.2) is 35.5 Å². The molecule has 0 amide bonds. The van der Waals surface area contributed by atoms with Gasteiger partial charge in [0, 0.05) is 5.70 Å². The van der Waals surface area contributed by atoms with Gasteiger partial charge in [0.25, 0.3) is 0 Å². The van der Waals surface area contributed by atoms with Crippen LogP contribution < -0.4 is 10.6 Å². The molecule has 0 aliphatic carbocycles. The monoisotopic (exact) mass is 261 g/mol. The van der Waals surface area contributed by atoms with Crippen LogP contribution >= 0.6 is 0 Å². The van der Waals surface area contributed by atoms with Crippen molar-refractivity contribution >= 4 is 0 Å². The molecule has 0 bridgehead atoms. The predicted octanol–water partition coefficient (Wildman–Crippen LogP) is 1.77. The smallest absolute Gasteiger partial charge is 0.182 e. The van der Waals surface area contributed by atoms with Gasteiger partial charge >= 0.3 is 0 Å². The van der Waals surface area contributed by atoms with E-state index in [0.717, 1.165) is 5.56 Å². The van der Waals surface area contributed by atoms with Crippen molar-refractivity contribution in [2.24, 2.45) is 5.92 Å². The van der Waals surface area contributed by atoms with Gasteiger partial charge in [-0.1, -0.05) is 26.0 Å².